The van der Waals surface area contributed by atoms with E-state index in [2.05, 4.69) is 5.32 Å². The molecule has 0 spiro atoms. The van der Waals surface area contributed by atoms with Crippen molar-refractivity contribution in [1.82, 2.24) is 10.2 Å². The fraction of sp³-hybridized carbons (Fsp3) is 0.440. The first kappa shape index (κ1) is 27.7. The minimum atomic E-state index is -3.78. The molecular formula is C25H34ClN3O4S. The van der Waals surface area contributed by atoms with E-state index in [0.29, 0.717) is 22.7 Å². The lowest BCUT2D eigenvalue weighted by Crippen LogP contribution is -2.53. The van der Waals surface area contributed by atoms with Crippen molar-refractivity contribution < 1.29 is 18.0 Å². The summed E-state index contributed by atoms with van der Waals surface area (Å²) in [5, 5.41) is 3.33. The molecule has 2 aromatic carbocycles. The van der Waals surface area contributed by atoms with Gasteiger partial charge in [0, 0.05) is 17.6 Å². The van der Waals surface area contributed by atoms with Gasteiger partial charge in [-0.3, -0.25) is 13.9 Å². The van der Waals surface area contributed by atoms with Gasteiger partial charge in [-0.2, -0.15) is 0 Å². The molecule has 2 rings (SSSR count). The number of anilines is 1. The number of rotatable bonds is 10. The maximum atomic E-state index is 13.7. The van der Waals surface area contributed by atoms with Gasteiger partial charge in [0.2, 0.25) is 21.8 Å². The highest BCUT2D eigenvalue weighted by molar-refractivity contribution is 7.92. The summed E-state index contributed by atoms with van der Waals surface area (Å²) in [5.41, 5.74) is 2.79. The molecule has 0 heterocycles. The summed E-state index contributed by atoms with van der Waals surface area (Å²) in [6, 6.07) is 11.5. The number of carbonyl (C=O) groups excluding carboxylic acids is 2. The lowest BCUT2D eigenvalue weighted by molar-refractivity contribution is -0.140. The Morgan fingerprint density at radius 1 is 1.06 bits per heavy atom. The summed E-state index contributed by atoms with van der Waals surface area (Å²) in [6.07, 6.45) is 1.43. The predicted molar refractivity (Wildman–Crippen MR) is 137 cm³/mol. The van der Waals surface area contributed by atoms with Crippen molar-refractivity contribution in [3.63, 3.8) is 0 Å². The maximum absolute atomic E-state index is 13.7. The maximum Gasteiger partial charge on any atom is 0.244 e. The Balaban J connectivity index is 2.50. The van der Waals surface area contributed by atoms with Gasteiger partial charge in [0.15, 0.2) is 0 Å². The van der Waals surface area contributed by atoms with Crippen LogP contribution in [-0.2, 0) is 26.2 Å². The third kappa shape index (κ3) is 6.96. The van der Waals surface area contributed by atoms with Crippen LogP contribution in [0.25, 0.3) is 0 Å². The SMILES string of the molecule is CCC(C(=O)NC(C)C)N(Cc1ccccc1Cl)C(=O)CN(c1cccc(C)c1C)S(C)(=O)=O. The Morgan fingerprint density at radius 3 is 2.26 bits per heavy atom. The molecular weight excluding hydrogens is 474 g/mol. The quantitative estimate of drug-likeness (QED) is 0.525. The van der Waals surface area contributed by atoms with E-state index < -0.39 is 28.5 Å². The Labute approximate surface area is 208 Å². The van der Waals surface area contributed by atoms with E-state index in [9.17, 15) is 18.0 Å². The van der Waals surface area contributed by atoms with E-state index >= 15 is 0 Å². The molecule has 0 aliphatic carbocycles. The Morgan fingerprint density at radius 2 is 1.71 bits per heavy atom. The zero-order valence-corrected chi connectivity index (χ0v) is 22.2. The van der Waals surface area contributed by atoms with Crippen molar-refractivity contribution in [3.05, 3.63) is 64.2 Å². The van der Waals surface area contributed by atoms with Crippen molar-refractivity contribution in [2.45, 2.75) is 59.7 Å². The van der Waals surface area contributed by atoms with Crippen molar-refractivity contribution >= 4 is 39.1 Å². The van der Waals surface area contributed by atoms with E-state index in [1.165, 1.54) is 4.90 Å². The summed E-state index contributed by atoms with van der Waals surface area (Å²) in [7, 11) is -3.78. The van der Waals surface area contributed by atoms with Gasteiger partial charge in [-0.15, -0.1) is 0 Å². The second-order valence-electron chi connectivity index (χ2n) is 8.69. The summed E-state index contributed by atoms with van der Waals surface area (Å²) < 4.78 is 26.6. The molecule has 0 saturated heterocycles. The molecule has 0 saturated carbocycles. The first-order chi connectivity index (χ1) is 15.9. The van der Waals surface area contributed by atoms with Crippen LogP contribution in [0.4, 0.5) is 5.69 Å². The molecule has 0 aromatic heterocycles. The van der Waals surface area contributed by atoms with Gasteiger partial charge in [0.05, 0.1) is 11.9 Å². The average molecular weight is 508 g/mol. The molecule has 1 N–H and O–H groups in total. The first-order valence-corrected chi connectivity index (χ1v) is 13.5. The largest absolute Gasteiger partial charge is 0.352 e. The highest BCUT2D eigenvalue weighted by Gasteiger charge is 2.32. The number of sulfonamides is 1. The van der Waals surface area contributed by atoms with Crippen molar-refractivity contribution in [2.75, 3.05) is 17.1 Å². The highest BCUT2D eigenvalue weighted by atomic mass is 35.5. The van der Waals surface area contributed by atoms with Crippen LogP contribution in [0.15, 0.2) is 42.5 Å². The third-order valence-electron chi connectivity index (χ3n) is 5.64. The number of benzene rings is 2. The third-order valence-corrected chi connectivity index (χ3v) is 7.13. The van der Waals surface area contributed by atoms with Gasteiger partial charge in [0.1, 0.15) is 12.6 Å². The van der Waals surface area contributed by atoms with E-state index in [0.717, 1.165) is 21.7 Å². The van der Waals surface area contributed by atoms with Crippen LogP contribution in [0.3, 0.4) is 0 Å². The number of nitrogens with zero attached hydrogens (tertiary/aromatic N) is 2. The molecule has 0 radical (unpaired) electrons. The van der Waals surface area contributed by atoms with E-state index in [-0.39, 0.29) is 18.5 Å². The number of nitrogens with one attached hydrogen (secondary N) is 1. The average Bonchev–Trinajstić information content (AvgIpc) is 2.74. The minimum Gasteiger partial charge on any atom is -0.352 e. The van der Waals surface area contributed by atoms with Gasteiger partial charge < -0.3 is 10.2 Å². The molecule has 1 unspecified atom stereocenters. The number of halogens is 1. The topological polar surface area (TPSA) is 86.8 Å². The highest BCUT2D eigenvalue weighted by Crippen LogP contribution is 2.26. The van der Waals surface area contributed by atoms with Gasteiger partial charge in [0.25, 0.3) is 0 Å². The molecule has 9 heteroatoms. The summed E-state index contributed by atoms with van der Waals surface area (Å²) >= 11 is 6.35. The standard InChI is InChI=1S/C25H34ClN3O4S/c1-7-22(25(31)27-17(2)3)28(15-20-12-8-9-13-21(20)26)24(30)16-29(34(6,32)33)23-14-10-11-18(4)19(23)5/h8-14,17,22H,7,15-16H2,1-6H3,(H,27,31). The number of carbonyl (C=O) groups is 2. The van der Waals surface area contributed by atoms with Gasteiger partial charge >= 0.3 is 0 Å². The predicted octanol–water partition coefficient (Wildman–Crippen LogP) is 4.05. The van der Waals surface area contributed by atoms with Crippen LogP contribution < -0.4 is 9.62 Å². The second-order valence-corrected chi connectivity index (χ2v) is 11.0. The number of hydrogen-bond acceptors (Lipinski definition) is 4. The molecule has 2 amide bonds. The number of aryl methyl sites for hydroxylation is 1. The smallest absolute Gasteiger partial charge is 0.244 e. The molecule has 0 aliphatic heterocycles. The van der Waals surface area contributed by atoms with Crippen LogP contribution in [0, 0.1) is 13.8 Å². The van der Waals surface area contributed by atoms with Crippen LogP contribution >= 0.6 is 11.6 Å². The zero-order valence-electron chi connectivity index (χ0n) is 20.6. The summed E-state index contributed by atoms with van der Waals surface area (Å²) in [6.45, 7) is 8.85. The fourth-order valence-corrected chi connectivity index (χ4v) is 4.81. The van der Waals surface area contributed by atoms with E-state index in [1.807, 2.05) is 40.7 Å². The first-order valence-electron chi connectivity index (χ1n) is 11.2. The van der Waals surface area contributed by atoms with Gasteiger partial charge in [-0.05, 0) is 62.9 Å². The lowest BCUT2D eigenvalue weighted by Gasteiger charge is -2.33. The van der Waals surface area contributed by atoms with Crippen LogP contribution in [0.5, 0.6) is 0 Å². The zero-order chi connectivity index (χ0) is 25.6. The molecule has 34 heavy (non-hydrogen) atoms. The Bertz CT molecular complexity index is 1130. The number of hydrogen-bond donors (Lipinski definition) is 1. The van der Waals surface area contributed by atoms with Crippen LogP contribution in [0.1, 0.15) is 43.9 Å². The van der Waals surface area contributed by atoms with E-state index in [1.54, 1.807) is 36.4 Å². The monoisotopic (exact) mass is 507 g/mol. The van der Waals surface area contributed by atoms with Gasteiger partial charge in [-0.1, -0.05) is 48.9 Å². The molecule has 0 bridgehead atoms. The van der Waals surface area contributed by atoms with Crippen molar-refractivity contribution in [1.29, 1.82) is 0 Å². The van der Waals surface area contributed by atoms with E-state index in [4.69, 9.17) is 11.6 Å². The van der Waals surface area contributed by atoms with Crippen molar-refractivity contribution in [3.8, 4) is 0 Å². The Hall–Kier alpha value is -2.58. The molecule has 186 valence electrons. The molecule has 0 fully saturated rings. The Kier molecular flexibility index (Phi) is 9.53. The van der Waals surface area contributed by atoms with Crippen LogP contribution in [-0.4, -0.2) is 50.0 Å². The van der Waals surface area contributed by atoms with Gasteiger partial charge in [-0.25, -0.2) is 8.42 Å². The minimum absolute atomic E-state index is 0.0763. The summed E-state index contributed by atoms with van der Waals surface area (Å²) in [4.78, 5) is 28.1. The summed E-state index contributed by atoms with van der Waals surface area (Å²) in [5.74, 6) is -0.785. The molecule has 1 atom stereocenters. The molecule has 0 aliphatic rings. The molecule has 2 aromatic rings. The lowest BCUT2D eigenvalue weighted by atomic mass is 10.1. The molecule has 7 nitrogen and oxygen atoms in total. The second kappa shape index (κ2) is 11.7. The number of amides is 2. The fourth-order valence-electron chi connectivity index (χ4n) is 3.71. The van der Waals surface area contributed by atoms with Crippen LogP contribution in [0.2, 0.25) is 5.02 Å². The normalized spacial score (nSPS) is 12.4. The van der Waals surface area contributed by atoms with Crippen molar-refractivity contribution in [2.24, 2.45) is 0 Å².